The van der Waals surface area contributed by atoms with Crippen molar-refractivity contribution in [3.05, 3.63) is 33.3 Å². The maximum absolute atomic E-state index is 6.35. The summed E-state index contributed by atoms with van der Waals surface area (Å²) in [4.78, 5) is 0. The first-order valence-corrected chi connectivity index (χ1v) is 6.76. The molecule has 78 valence electrons. The predicted molar refractivity (Wildman–Crippen MR) is 65.2 cm³/mol. The quantitative estimate of drug-likeness (QED) is 0.709. The number of rotatable bonds is 1. The van der Waals surface area contributed by atoms with Gasteiger partial charge in [0.25, 0.3) is 0 Å². The van der Waals surface area contributed by atoms with E-state index >= 15 is 0 Å². The minimum atomic E-state index is 0.473. The second-order valence-electron chi connectivity index (χ2n) is 5.73. The molecule has 0 nitrogen and oxygen atoms in total. The molecule has 2 bridgehead atoms. The maximum Gasteiger partial charge on any atom is 0.0454 e. The molecule has 0 amide bonds. The molecular weight excluding hydrogens is 272 g/mol. The Labute approximate surface area is 103 Å². The smallest absolute Gasteiger partial charge is 0.0454 e. The summed E-state index contributed by atoms with van der Waals surface area (Å²) in [6, 6.07) is 6.40. The molecule has 0 aromatic heterocycles. The molecule has 4 fully saturated rings. The van der Waals surface area contributed by atoms with E-state index < -0.39 is 0 Å². The molecule has 1 spiro atoms. The molecule has 4 aliphatic rings. The Kier molecular flexibility index (Phi) is 1.49. The van der Waals surface area contributed by atoms with Gasteiger partial charge in [0, 0.05) is 9.50 Å². The number of hydrogen-bond donors (Lipinski definition) is 0. The highest BCUT2D eigenvalue weighted by Gasteiger charge is 2.75. The van der Waals surface area contributed by atoms with Gasteiger partial charge in [-0.1, -0.05) is 33.6 Å². The third-order valence-electron chi connectivity index (χ3n) is 4.88. The Balaban J connectivity index is 1.78. The van der Waals surface area contributed by atoms with Gasteiger partial charge in [0.2, 0.25) is 0 Å². The monoisotopic (exact) mass is 282 g/mol. The first-order chi connectivity index (χ1) is 7.14. The van der Waals surface area contributed by atoms with Crippen LogP contribution in [0.25, 0.3) is 0 Å². The summed E-state index contributed by atoms with van der Waals surface area (Å²) < 4.78 is 1.09. The van der Waals surface area contributed by atoms with Crippen molar-refractivity contribution in [2.45, 2.75) is 31.1 Å². The van der Waals surface area contributed by atoms with E-state index in [9.17, 15) is 0 Å². The Morgan fingerprint density at radius 1 is 1.27 bits per heavy atom. The summed E-state index contributed by atoms with van der Waals surface area (Å²) in [6.07, 6.45) is 5.72. The van der Waals surface area contributed by atoms with E-state index in [-0.39, 0.29) is 0 Å². The lowest BCUT2D eigenvalue weighted by Crippen LogP contribution is -2.37. The highest BCUT2D eigenvalue weighted by atomic mass is 79.9. The van der Waals surface area contributed by atoms with Gasteiger partial charge in [0.05, 0.1) is 0 Å². The molecule has 15 heavy (non-hydrogen) atoms. The van der Waals surface area contributed by atoms with Gasteiger partial charge in [0.15, 0.2) is 0 Å². The van der Waals surface area contributed by atoms with Crippen LogP contribution < -0.4 is 0 Å². The highest BCUT2D eigenvalue weighted by molar-refractivity contribution is 9.10. The molecule has 1 unspecified atom stereocenters. The standard InChI is InChI=1S/C13H12BrCl/c14-9-1-2-10(11(15)3-9)13-5-8-4-12(8,6-13)7-13/h1-3,8H,4-7H2. The second kappa shape index (κ2) is 2.46. The van der Waals surface area contributed by atoms with Crippen LogP contribution in [0, 0.1) is 11.3 Å². The lowest BCUT2D eigenvalue weighted by Gasteiger charge is -2.44. The molecular formula is C13H12BrCl. The fourth-order valence-electron chi connectivity index (χ4n) is 4.29. The van der Waals surface area contributed by atoms with Crippen molar-refractivity contribution < 1.29 is 0 Å². The van der Waals surface area contributed by atoms with E-state index in [1.807, 2.05) is 6.07 Å². The zero-order valence-corrected chi connectivity index (χ0v) is 10.7. The van der Waals surface area contributed by atoms with E-state index in [1.165, 1.54) is 31.2 Å². The van der Waals surface area contributed by atoms with Crippen LogP contribution in [0.2, 0.25) is 5.02 Å². The Morgan fingerprint density at radius 2 is 2.07 bits per heavy atom. The SMILES string of the molecule is Clc1cc(Br)ccc1C12CC3CC3(C1)C2. The van der Waals surface area contributed by atoms with Crippen molar-refractivity contribution in [2.75, 3.05) is 0 Å². The summed E-state index contributed by atoms with van der Waals surface area (Å²) in [5, 5.41) is 0.959. The average molecular weight is 284 g/mol. The van der Waals surface area contributed by atoms with Gasteiger partial charge in [-0.25, -0.2) is 0 Å². The van der Waals surface area contributed by atoms with Crippen molar-refractivity contribution in [3.8, 4) is 0 Å². The molecule has 0 aliphatic heterocycles. The zero-order valence-electron chi connectivity index (χ0n) is 8.39. The minimum absolute atomic E-state index is 0.473. The summed E-state index contributed by atoms with van der Waals surface area (Å²) in [6.45, 7) is 0. The normalized spacial score (nSPS) is 44.8. The third kappa shape index (κ3) is 0.994. The van der Waals surface area contributed by atoms with Gasteiger partial charge in [0.1, 0.15) is 0 Å². The summed E-state index contributed by atoms with van der Waals surface area (Å²) in [5.74, 6) is 1.04. The lowest BCUT2D eigenvalue weighted by molar-refractivity contribution is 0.176. The molecule has 0 radical (unpaired) electrons. The average Bonchev–Trinajstić information content (AvgIpc) is 2.60. The topological polar surface area (TPSA) is 0 Å². The molecule has 0 N–H and O–H groups in total. The second-order valence-corrected chi connectivity index (χ2v) is 7.05. The third-order valence-corrected chi connectivity index (χ3v) is 5.69. The van der Waals surface area contributed by atoms with Gasteiger partial charge >= 0.3 is 0 Å². The van der Waals surface area contributed by atoms with Gasteiger partial charge in [-0.05, 0) is 60.1 Å². The van der Waals surface area contributed by atoms with Gasteiger partial charge in [-0.2, -0.15) is 0 Å². The minimum Gasteiger partial charge on any atom is -0.0840 e. The maximum atomic E-state index is 6.35. The molecule has 1 atom stereocenters. The highest BCUT2D eigenvalue weighted by Crippen LogP contribution is 2.83. The summed E-state index contributed by atoms with van der Waals surface area (Å²) in [7, 11) is 0. The molecule has 0 heterocycles. The fraction of sp³-hybridized carbons (Fsp3) is 0.538. The van der Waals surface area contributed by atoms with Gasteiger partial charge in [-0.3, -0.25) is 0 Å². The number of hydrogen-bond acceptors (Lipinski definition) is 0. The molecule has 0 saturated heterocycles. The lowest BCUT2D eigenvalue weighted by atomic mass is 9.60. The van der Waals surface area contributed by atoms with E-state index in [2.05, 4.69) is 28.1 Å². The molecule has 1 aromatic carbocycles. The molecule has 4 aliphatic carbocycles. The zero-order chi connectivity index (χ0) is 10.3. The van der Waals surface area contributed by atoms with Gasteiger partial charge in [-0.15, -0.1) is 0 Å². The van der Waals surface area contributed by atoms with Crippen LogP contribution in [0.1, 0.15) is 31.2 Å². The van der Waals surface area contributed by atoms with E-state index in [1.54, 1.807) is 0 Å². The van der Waals surface area contributed by atoms with Crippen LogP contribution in [-0.2, 0) is 5.41 Å². The Morgan fingerprint density at radius 3 is 2.67 bits per heavy atom. The van der Waals surface area contributed by atoms with E-state index in [0.717, 1.165) is 20.8 Å². The van der Waals surface area contributed by atoms with Crippen LogP contribution in [0.3, 0.4) is 0 Å². The Bertz CT molecular complexity index is 454. The van der Waals surface area contributed by atoms with Crippen LogP contribution >= 0.6 is 27.5 Å². The summed E-state index contributed by atoms with van der Waals surface area (Å²) in [5.41, 5.74) is 2.67. The van der Waals surface area contributed by atoms with Crippen molar-refractivity contribution in [2.24, 2.45) is 11.3 Å². The molecule has 5 rings (SSSR count). The molecule has 2 heteroatoms. The van der Waals surface area contributed by atoms with E-state index in [0.29, 0.717) is 5.41 Å². The number of benzene rings is 1. The first-order valence-electron chi connectivity index (χ1n) is 5.59. The van der Waals surface area contributed by atoms with E-state index in [4.69, 9.17) is 11.6 Å². The Hall–Kier alpha value is -0.0100. The van der Waals surface area contributed by atoms with Crippen molar-refractivity contribution >= 4 is 27.5 Å². The first kappa shape index (κ1) is 9.07. The number of halogens is 2. The van der Waals surface area contributed by atoms with Crippen LogP contribution in [-0.4, -0.2) is 0 Å². The molecule has 4 saturated carbocycles. The van der Waals surface area contributed by atoms with Crippen molar-refractivity contribution in [3.63, 3.8) is 0 Å². The molecule has 1 aromatic rings. The van der Waals surface area contributed by atoms with Gasteiger partial charge < -0.3 is 0 Å². The predicted octanol–water partition coefficient (Wildman–Crippen LogP) is 4.54. The van der Waals surface area contributed by atoms with Crippen LogP contribution in [0.4, 0.5) is 0 Å². The summed E-state index contributed by atoms with van der Waals surface area (Å²) >= 11 is 9.82. The fourth-order valence-corrected chi connectivity index (χ4v) is 5.16. The van der Waals surface area contributed by atoms with Crippen molar-refractivity contribution in [1.29, 1.82) is 0 Å². The van der Waals surface area contributed by atoms with Crippen LogP contribution in [0.5, 0.6) is 0 Å². The van der Waals surface area contributed by atoms with Crippen molar-refractivity contribution in [1.82, 2.24) is 0 Å². The largest absolute Gasteiger partial charge is 0.0840 e. The van der Waals surface area contributed by atoms with Crippen LogP contribution in [0.15, 0.2) is 22.7 Å².